The summed E-state index contributed by atoms with van der Waals surface area (Å²) in [6.07, 6.45) is 1.61. The van der Waals surface area contributed by atoms with E-state index in [4.69, 9.17) is 24.5 Å². The van der Waals surface area contributed by atoms with Crippen molar-refractivity contribution in [1.29, 1.82) is 0 Å². The van der Waals surface area contributed by atoms with E-state index in [0.717, 1.165) is 19.5 Å². The normalized spacial score (nSPS) is 19.8. The zero-order valence-electron chi connectivity index (χ0n) is 9.82. The monoisotopic (exact) mass is 233 g/mol. The fourth-order valence-corrected chi connectivity index (χ4v) is 1.23. The minimum absolute atomic E-state index is 0.0245. The molecule has 0 saturated carbocycles. The minimum atomic E-state index is -1.82. The highest BCUT2D eigenvalue weighted by atomic mass is 16.5. The zero-order chi connectivity index (χ0) is 12.8. The van der Waals surface area contributed by atoms with Gasteiger partial charge in [-0.3, -0.25) is 0 Å². The predicted molar refractivity (Wildman–Crippen MR) is 57.4 cm³/mol. The molecule has 0 unspecified atom stereocenters. The molecule has 0 amide bonds. The van der Waals surface area contributed by atoms with Crippen molar-refractivity contribution in [3.05, 3.63) is 0 Å². The molecular formula is C10H19NO5. The first-order valence-electron chi connectivity index (χ1n) is 5.07. The van der Waals surface area contributed by atoms with Crippen LogP contribution in [0.25, 0.3) is 0 Å². The molecule has 1 rings (SSSR count). The molecule has 3 N–H and O–H groups in total. The first-order chi connectivity index (χ1) is 7.22. The van der Waals surface area contributed by atoms with Gasteiger partial charge in [-0.2, -0.15) is 0 Å². The van der Waals surface area contributed by atoms with E-state index in [0.29, 0.717) is 6.10 Å². The van der Waals surface area contributed by atoms with E-state index in [1.807, 2.05) is 0 Å². The van der Waals surface area contributed by atoms with Crippen molar-refractivity contribution in [3.8, 4) is 0 Å². The highest BCUT2D eigenvalue weighted by Gasteiger charge is 2.21. The van der Waals surface area contributed by atoms with Crippen LogP contribution in [0.5, 0.6) is 0 Å². The van der Waals surface area contributed by atoms with Crippen molar-refractivity contribution < 1.29 is 24.5 Å². The summed E-state index contributed by atoms with van der Waals surface area (Å²) >= 11 is 0. The van der Waals surface area contributed by atoms with Gasteiger partial charge in [0.1, 0.15) is 0 Å². The molecule has 16 heavy (non-hydrogen) atoms. The summed E-state index contributed by atoms with van der Waals surface area (Å²) < 4.78 is 5.74. The molecule has 1 aliphatic rings. The van der Waals surface area contributed by atoms with Crippen LogP contribution in [0.3, 0.4) is 0 Å². The molecule has 1 fully saturated rings. The van der Waals surface area contributed by atoms with Gasteiger partial charge in [-0.05, 0) is 33.7 Å². The molecule has 1 heterocycles. The number of rotatable bonds is 1. The SMILES string of the molecule is CC(C)(C)O[C@@H]1CCNC1.O=C(O)C(=O)O. The van der Waals surface area contributed by atoms with Crippen LogP contribution in [0.4, 0.5) is 0 Å². The van der Waals surface area contributed by atoms with Crippen LogP contribution < -0.4 is 5.32 Å². The van der Waals surface area contributed by atoms with Crippen LogP contribution in [-0.4, -0.2) is 46.9 Å². The molecule has 0 aromatic rings. The van der Waals surface area contributed by atoms with Gasteiger partial charge in [0, 0.05) is 6.54 Å². The van der Waals surface area contributed by atoms with Crippen molar-refractivity contribution in [3.63, 3.8) is 0 Å². The maximum atomic E-state index is 9.10. The summed E-state index contributed by atoms with van der Waals surface area (Å²) in [5.74, 6) is -3.65. The maximum absolute atomic E-state index is 9.10. The van der Waals surface area contributed by atoms with Gasteiger partial charge >= 0.3 is 11.9 Å². The van der Waals surface area contributed by atoms with E-state index < -0.39 is 11.9 Å². The third-order valence-corrected chi connectivity index (χ3v) is 1.72. The second kappa shape index (κ2) is 6.44. The lowest BCUT2D eigenvalue weighted by Crippen LogP contribution is -2.28. The van der Waals surface area contributed by atoms with Crippen molar-refractivity contribution in [2.75, 3.05) is 13.1 Å². The fourth-order valence-electron chi connectivity index (χ4n) is 1.23. The Morgan fingerprint density at radius 1 is 1.25 bits per heavy atom. The van der Waals surface area contributed by atoms with Gasteiger partial charge in [0.25, 0.3) is 0 Å². The quantitative estimate of drug-likeness (QED) is 0.564. The number of carboxylic acids is 2. The number of carbonyl (C=O) groups is 2. The van der Waals surface area contributed by atoms with Gasteiger partial charge < -0.3 is 20.3 Å². The van der Waals surface area contributed by atoms with Gasteiger partial charge in [-0.15, -0.1) is 0 Å². The van der Waals surface area contributed by atoms with Crippen molar-refractivity contribution in [1.82, 2.24) is 5.32 Å². The molecule has 6 heteroatoms. The van der Waals surface area contributed by atoms with Crippen molar-refractivity contribution in [2.24, 2.45) is 0 Å². The lowest BCUT2D eigenvalue weighted by molar-refractivity contribution is -0.159. The Hall–Kier alpha value is -1.14. The van der Waals surface area contributed by atoms with Gasteiger partial charge in [0.2, 0.25) is 0 Å². The Labute approximate surface area is 94.6 Å². The first-order valence-corrected chi connectivity index (χ1v) is 5.07. The third-order valence-electron chi connectivity index (χ3n) is 1.72. The van der Waals surface area contributed by atoms with E-state index in [1.165, 1.54) is 0 Å². The van der Waals surface area contributed by atoms with E-state index in [1.54, 1.807) is 0 Å². The molecule has 1 aliphatic heterocycles. The van der Waals surface area contributed by atoms with E-state index >= 15 is 0 Å². The van der Waals surface area contributed by atoms with Crippen LogP contribution in [-0.2, 0) is 14.3 Å². The van der Waals surface area contributed by atoms with Crippen LogP contribution >= 0.6 is 0 Å². The topological polar surface area (TPSA) is 95.9 Å². The van der Waals surface area contributed by atoms with E-state index in [2.05, 4.69) is 26.1 Å². The van der Waals surface area contributed by atoms with Crippen molar-refractivity contribution in [2.45, 2.75) is 38.9 Å². The Morgan fingerprint density at radius 2 is 1.75 bits per heavy atom. The molecule has 1 atom stereocenters. The number of nitrogens with one attached hydrogen (secondary N) is 1. The van der Waals surface area contributed by atoms with Crippen LogP contribution in [0.1, 0.15) is 27.2 Å². The fraction of sp³-hybridized carbons (Fsp3) is 0.800. The maximum Gasteiger partial charge on any atom is 0.414 e. The van der Waals surface area contributed by atoms with Crippen LogP contribution in [0.2, 0.25) is 0 Å². The third kappa shape index (κ3) is 8.19. The summed E-state index contributed by atoms with van der Waals surface area (Å²) in [5.41, 5.74) is 0.0245. The average molecular weight is 233 g/mol. The van der Waals surface area contributed by atoms with Crippen LogP contribution in [0, 0.1) is 0 Å². The van der Waals surface area contributed by atoms with Gasteiger partial charge in [0.15, 0.2) is 0 Å². The molecule has 0 aliphatic carbocycles. The zero-order valence-corrected chi connectivity index (χ0v) is 9.82. The summed E-state index contributed by atoms with van der Waals surface area (Å²) in [6, 6.07) is 0. The lowest BCUT2D eigenvalue weighted by Gasteiger charge is -2.23. The van der Waals surface area contributed by atoms with E-state index in [-0.39, 0.29) is 5.60 Å². The molecule has 0 aromatic carbocycles. The number of hydrogen-bond acceptors (Lipinski definition) is 4. The molecule has 0 radical (unpaired) electrons. The molecule has 0 bridgehead atoms. The molecule has 6 nitrogen and oxygen atoms in total. The molecule has 1 saturated heterocycles. The molecule has 94 valence electrons. The first kappa shape index (κ1) is 14.9. The van der Waals surface area contributed by atoms with Gasteiger partial charge in [-0.1, -0.05) is 0 Å². The Kier molecular flexibility index (Phi) is 5.98. The van der Waals surface area contributed by atoms with Gasteiger partial charge in [-0.25, -0.2) is 9.59 Å². The average Bonchev–Trinajstić information content (AvgIpc) is 2.54. The number of hydrogen-bond donors (Lipinski definition) is 3. The highest BCUT2D eigenvalue weighted by molar-refractivity contribution is 6.27. The standard InChI is InChI=1S/C8H17NO.C2H2O4/c1-8(2,3)10-7-4-5-9-6-7;3-1(4)2(5)6/h7,9H,4-6H2,1-3H3;(H,3,4)(H,5,6)/t7-;/m1./s1. The minimum Gasteiger partial charge on any atom is -0.473 e. The van der Waals surface area contributed by atoms with Crippen LogP contribution in [0.15, 0.2) is 0 Å². The molecule has 0 spiro atoms. The predicted octanol–water partition coefficient (Wildman–Crippen LogP) is 0.319. The summed E-state index contributed by atoms with van der Waals surface area (Å²) in [6.45, 7) is 8.44. The smallest absolute Gasteiger partial charge is 0.414 e. The summed E-state index contributed by atoms with van der Waals surface area (Å²) in [5, 5.41) is 18.1. The van der Waals surface area contributed by atoms with Crippen molar-refractivity contribution >= 4 is 11.9 Å². The number of aliphatic carboxylic acids is 2. The second-order valence-corrected chi connectivity index (χ2v) is 4.46. The largest absolute Gasteiger partial charge is 0.473 e. The Bertz CT molecular complexity index is 228. The Balaban J connectivity index is 0.000000325. The summed E-state index contributed by atoms with van der Waals surface area (Å²) in [7, 11) is 0. The second-order valence-electron chi connectivity index (χ2n) is 4.46. The number of carboxylic acid groups (broad SMARTS) is 2. The molecular weight excluding hydrogens is 214 g/mol. The van der Waals surface area contributed by atoms with E-state index in [9.17, 15) is 0 Å². The highest BCUT2D eigenvalue weighted by Crippen LogP contribution is 2.14. The Morgan fingerprint density at radius 3 is 2.00 bits per heavy atom. The van der Waals surface area contributed by atoms with Gasteiger partial charge in [0.05, 0.1) is 11.7 Å². The summed E-state index contributed by atoms with van der Waals surface area (Å²) in [4.78, 5) is 18.2. The number of ether oxygens (including phenoxy) is 1. The molecule has 0 aromatic heterocycles. The lowest BCUT2D eigenvalue weighted by atomic mass is 10.2.